The standard InChI is InChI=1S/C5H5N5/c1-2-4(6-3-1)5-7-9-10-8-5/h1-3,6H,(H,7,8,9,10). The Hall–Kier alpha value is -1.65. The second-order valence-corrected chi connectivity index (χ2v) is 1.82. The lowest BCUT2D eigenvalue weighted by Crippen LogP contribution is -1.78. The molecule has 0 aliphatic carbocycles. The minimum absolute atomic E-state index is 0.588. The van der Waals surface area contributed by atoms with E-state index < -0.39 is 0 Å². The second kappa shape index (κ2) is 1.94. The Bertz CT molecular complexity index is 249. The summed E-state index contributed by atoms with van der Waals surface area (Å²) in [6.07, 6.45) is 1.81. The zero-order chi connectivity index (χ0) is 6.81. The second-order valence-electron chi connectivity index (χ2n) is 1.82. The molecule has 0 aliphatic rings. The molecule has 2 aromatic heterocycles. The van der Waals surface area contributed by atoms with Crippen LogP contribution in [-0.2, 0) is 0 Å². The van der Waals surface area contributed by atoms with Crippen LogP contribution in [-0.4, -0.2) is 25.6 Å². The molecule has 0 spiro atoms. The average Bonchev–Trinajstić information content (AvgIpc) is 2.59. The highest BCUT2D eigenvalue weighted by atomic mass is 15.5. The summed E-state index contributed by atoms with van der Waals surface area (Å²) in [7, 11) is 0. The van der Waals surface area contributed by atoms with Gasteiger partial charge in [-0.25, -0.2) is 0 Å². The zero-order valence-corrected chi connectivity index (χ0v) is 5.07. The van der Waals surface area contributed by atoms with Crippen LogP contribution in [0.4, 0.5) is 0 Å². The first-order valence-corrected chi connectivity index (χ1v) is 2.84. The van der Waals surface area contributed by atoms with Crippen molar-refractivity contribution in [3.05, 3.63) is 18.3 Å². The molecule has 2 aromatic rings. The highest BCUT2D eigenvalue weighted by molar-refractivity contribution is 5.46. The van der Waals surface area contributed by atoms with Crippen molar-refractivity contribution in [1.82, 2.24) is 25.6 Å². The summed E-state index contributed by atoms with van der Waals surface area (Å²) in [5.74, 6) is 0.588. The molecule has 0 radical (unpaired) electrons. The molecule has 2 heterocycles. The third-order valence-corrected chi connectivity index (χ3v) is 1.18. The van der Waals surface area contributed by atoms with Gasteiger partial charge in [-0.2, -0.15) is 5.21 Å². The van der Waals surface area contributed by atoms with E-state index in [0.717, 1.165) is 5.69 Å². The van der Waals surface area contributed by atoms with Gasteiger partial charge >= 0.3 is 0 Å². The Morgan fingerprint density at radius 1 is 1.40 bits per heavy atom. The fraction of sp³-hybridized carbons (Fsp3) is 0. The van der Waals surface area contributed by atoms with Crippen LogP contribution in [0.5, 0.6) is 0 Å². The fourth-order valence-electron chi connectivity index (χ4n) is 0.745. The van der Waals surface area contributed by atoms with Crippen molar-refractivity contribution in [3.8, 4) is 11.5 Å². The largest absolute Gasteiger partial charge is 0.359 e. The predicted octanol–water partition coefficient (Wildman–Crippen LogP) is 0.195. The smallest absolute Gasteiger partial charge is 0.220 e. The topological polar surface area (TPSA) is 70.2 Å². The van der Waals surface area contributed by atoms with Gasteiger partial charge in [-0.1, -0.05) is 0 Å². The molecule has 0 aromatic carbocycles. The number of tetrazole rings is 1. The van der Waals surface area contributed by atoms with Crippen molar-refractivity contribution in [1.29, 1.82) is 0 Å². The van der Waals surface area contributed by atoms with E-state index in [1.54, 1.807) is 0 Å². The molecule has 5 nitrogen and oxygen atoms in total. The van der Waals surface area contributed by atoms with E-state index >= 15 is 0 Å². The van der Waals surface area contributed by atoms with Crippen LogP contribution in [0.25, 0.3) is 11.5 Å². The van der Waals surface area contributed by atoms with Gasteiger partial charge in [0.15, 0.2) is 0 Å². The quantitative estimate of drug-likeness (QED) is 0.586. The molecule has 0 amide bonds. The minimum atomic E-state index is 0.588. The van der Waals surface area contributed by atoms with E-state index in [9.17, 15) is 0 Å². The molecule has 2 N–H and O–H groups in total. The van der Waals surface area contributed by atoms with Crippen molar-refractivity contribution in [2.45, 2.75) is 0 Å². The lowest BCUT2D eigenvalue weighted by molar-refractivity contribution is 0.881. The summed E-state index contributed by atoms with van der Waals surface area (Å²) in [6, 6.07) is 3.76. The van der Waals surface area contributed by atoms with Gasteiger partial charge in [-0.3, -0.25) is 0 Å². The number of nitrogens with one attached hydrogen (secondary N) is 2. The fourth-order valence-corrected chi connectivity index (χ4v) is 0.745. The molecule has 0 atom stereocenters. The van der Waals surface area contributed by atoms with Crippen LogP contribution in [0.1, 0.15) is 0 Å². The van der Waals surface area contributed by atoms with E-state index in [-0.39, 0.29) is 0 Å². The van der Waals surface area contributed by atoms with E-state index in [2.05, 4.69) is 25.6 Å². The highest BCUT2D eigenvalue weighted by Gasteiger charge is 1.99. The number of aromatic amines is 2. The van der Waals surface area contributed by atoms with Gasteiger partial charge in [0, 0.05) is 6.20 Å². The third-order valence-electron chi connectivity index (χ3n) is 1.18. The Balaban J connectivity index is 2.48. The van der Waals surface area contributed by atoms with Crippen LogP contribution >= 0.6 is 0 Å². The summed E-state index contributed by atoms with van der Waals surface area (Å²) in [5, 5.41) is 13.3. The summed E-state index contributed by atoms with van der Waals surface area (Å²) in [5.41, 5.74) is 0.869. The van der Waals surface area contributed by atoms with Crippen LogP contribution in [0.3, 0.4) is 0 Å². The van der Waals surface area contributed by atoms with E-state index in [0.29, 0.717) is 5.82 Å². The van der Waals surface area contributed by atoms with Gasteiger partial charge < -0.3 is 4.98 Å². The molecule has 0 aliphatic heterocycles. The lowest BCUT2D eigenvalue weighted by atomic mass is 10.4. The molecule has 0 saturated heterocycles. The SMILES string of the molecule is c1c[nH]c(-c2nn[nH]n2)c1. The zero-order valence-electron chi connectivity index (χ0n) is 5.07. The number of hydrogen-bond acceptors (Lipinski definition) is 3. The highest BCUT2D eigenvalue weighted by Crippen LogP contribution is 2.07. The predicted molar refractivity (Wildman–Crippen MR) is 34.0 cm³/mol. The maximum absolute atomic E-state index is 3.78. The normalized spacial score (nSPS) is 10.0. The van der Waals surface area contributed by atoms with E-state index in [4.69, 9.17) is 0 Å². The Morgan fingerprint density at radius 2 is 2.40 bits per heavy atom. The Kier molecular flexibility index (Phi) is 1.00. The molecular weight excluding hydrogens is 130 g/mol. The monoisotopic (exact) mass is 135 g/mol. The summed E-state index contributed by atoms with van der Waals surface area (Å²) >= 11 is 0. The molecule has 0 bridgehead atoms. The summed E-state index contributed by atoms with van der Waals surface area (Å²) in [6.45, 7) is 0. The number of aromatic nitrogens is 5. The molecule has 0 unspecified atom stereocenters. The van der Waals surface area contributed by atoms with Gasteiger partial charge in [0.2, 0.25) is 5.82 Å². The number of nitrogens with zero attached hydrogens (tertiary/aromatic N) is 3. The van der Waals surface area contributed by atoms with Gasteiger partial charge in [0.1, 0.15) is 0 Å². The molecule has 0 fully saturated rings. The van der Waals surface area contributed by atoms with Gasteiger partial charge in [0.25, 0.3) is 0 Å². The number of rotatable bonds is 1. The summed E-state index contributed by atoms with van der Waals surface area (Å²) < 4.78 is 0. The minimum Gasteiger partial charge on any atom is -0.359 e. The van der Waals surface area contributed by atoms with Gasteiger partial charge in [-0.05, 0) is 17.3 Å². The number of hydrogen-bond donors (Lipinski definition) is 2. The first kappa shape index (κ1) is 5.16. The van der Waals surface area contributed by atoms with Crippen LogP contribution in [0.15, 0.2) is 18.3 Å². The van der Waals surface area contributed by atoms with Crippen LogP contribution < -0.4 is 0 Å². The third kappa shape index (κ3) is 0.680. The molecule has 5 heteroatoms. The van der Waals surface area contributed by atoms with Crippen molar-refractivity contribution in [2.75, 3.05) is 0 Å². The van der Waals surface area contributed by atoms with Crippen molar-refractivity contribution in [2.24, 2.45) is 0 Å². The molecule has 50 valence electrons. The first-order chi connectivity index (χ1) is 4.97. The Labute approximate surface area is 56.5 Å². The lowest BCUT2D eigenvalue weighted by Gasteiger charge is -1.81. The van der Waals surface area contributed by atoms with Crippen LogP contribution in [0, 0.1) is 0 Å². The average molecular weight is 135 g/mol. The molecule has 2 rings (SSSR count). The number of H-pyrrole nitrogens is 2. The van der Waals surface area contributed by atoms with Gasteiger partial charge in [-0.15, -0.1) is 10.2 Å². The Morgan fingerprint density at radius 3 is 3.00 bits per heavy atom. The van der Waals surface area contributed by atoms with Gasteiger partial charge in [0.05, 0.1) is 5.69 Å². The van der Waals surface area contributed by atoms with E-state index in [1.165, 1.54) is 0 Å². The van der Waals surface area contributed by atoms with Crippen LogP contribution in [0.2, 0.25) is 0 Å². The first-order valence-electron chi connectivity index (χ1n) is 2.84. The van der Waals surface area contributed by atoms with E-state index in [1.807, 2.05) is 18.3 Å². The van der Waals surface area contributed by atoms with Crippen molar-refractivity contribution in [3.63, 3.8) is 0 Å². The molecule has 0 saturated carbocycles. The molecular formula is C5H5N5. The maximum atomic E-state index is 3.78. The summed E-state index contributed by atoms with van der Waals surface area (Å²) in [4.78, 5) is 2.95. The maximum Gasteiger partial charge on any atom is 0.220 e. The van der Waals surface area contributed by atoms with Crippen molar-refractivity contribution >= 4 is 0 Å². The molecule has 10 heavy (non-hydrogen) atoms. The van der Waals surface area contributed by atoms with Crippen molar-refractivity contribution < 1.29 is 0 Å².